The van der Waals surface area contributed by atoms with Gasteiger partial charge in [0.05, 0.1) is 12.6 Å². The van der Waals surface area contributed by atoms with Gasteiger partial charge in [0.25, 0.3) is 10.0 Å². The summed E-state index contributed by atoms with van der Waals surface area (Å²) in [7, 11) is -3.74. The highest BCUT2D eigenvalue weighted by Gasteiger charge is 2.12. The standard InChI is InChI=1S/C7H13N3O3S/c1-2-6(11)5-10-4-3-7(9-10)14(8,12)13/h3-4,6,11H,2,5H2,1H3,(H2,8,12,13)/t6-/m1/s1. The zero-order chi connectivity index (χ0) is 10.8. The maximum atomic E-state index is 10.8. The molecule has 0 aliphatic heterocycles. The van der Waals surface area contributed by atoms with Crippen LogP contribution in [-0.2, 0) is 16.6 Å². The Hall–Kier alpha value is -0.920. The summed E-state index contributed by atoms with van der Waals surface area (Å²) in [6.07, 6.45) is 1.53. The Labute approximate surface area is 82.4 Å². The van der Waals surface area contributed by atoms with Crippen molar-refractivity contribution in [2.75, 3.05) is 0 Å². The van der Waals surface area contributed by atoms with Crippen LogP contribution in [0.15, 0.2) is 17.3 Å². The smallest absolute Gasteiger partial charge is 0.257 e. The van der Waals surface area contributed by atoms with E-state index in [1.807, 2.05) is 6.92 Å². The molecular formula is C7H13N3O3S. The second kappa shape index (κ2) is 4.07. The van der Waals surface area contributed by atoms with E-state index >= 15 is 0 Å². The number of nitrogens with zero attached hydrogens (tertiary/aromatic N) is 2. The molecule has 0 fully saturated rings. The van der Waals surface area contributed by atoms with Crippen molar-refractivity contribution in [2.24, 2.45) is 5.14 Å². The summed E-state index contributed by atoms with van der Waals surface area (Å²) in [4.78, 5) is 0. The number of aliphatic hydroxyl groups is 1. The fourth-order valence-corrected chi connectivity index (χ4v) is 1.41. The van der Waals surface area contributed by atoms with Gasteiger partial charge in [-0.3, -0.25) is 4.68 Å². The number of nitrogens with two attached hydrogens (primary N) is 1. The largest absolute Gasteiger partial charge is 0.391 e. The summed E-state index contributed by atoms with van der Waals surface area (Å²) in [6.45, 7) is 2.10. The van der Waals surface area contributed by atoms with E-state index in [4.69, 9.17) is 5.14 Å². The molecule has 1 aromatic rings. The molecule has 1 rings (SSSR count). The highest BCUT2D eigenvalue weighted by Crippen LogP contribution is 2.03. The van der Waals surface area contributed by atoms with Crippen LogP contribution in [0.1, 0.15) is 13.3 Å². The van der Waals surface area contributed by atoms with Crippen molar-refractivity contribution < 1.29 is 13.5 Å². The van der Waals surface area contributed by atoms with Crippen LogP contribution in [0, 0.1) is 0 Å². The Morgan fingerprint density at radius 3 is 2.79 bits per heavy atom. The summed E-state index contributed by atoms with van der Waals surface area (Å²) in [5.41, 5.74) is 0. The van der Waals surface area contributed by atoms with Crippen LogP contribution in [0.25, 0.3) is 0 Å². The van der Waals surface area contributed by atoms with Crippen molar-refractivity contribution >= 4 is 10.0 Å². The molecule has 1 atom stereocenters. The molecule has 7 heteroatoms. The topological polar surface area (TPSA) is 98.2 Å². The molecule has 0 saturated carbocycles. The van der Waals surface area contributed by atoms with Crippen LogP contribution in [-0.4, -0.2) is 29.4 Å². The molecule has 0 aromatic carbocycles. The number of hydrogen-bond acceptors (Lipinski definition) is 4. The molecule has 14 heavy (non-hydrogen) atoms. The Morgan fingerprint density at radius 1 is 1.71 bits per heavy atom. The van der Waals surface area contributed by atoms with Crippen LogP contribution in [0.5, 0.6) is 0 Å². The van der Waals surface area contributed by atoms with E-state index < -0.39 is 16.1 Å². The molecule has 0 spiro atoms. The van der Waals surface area contributed by atoms with Gasteiger partial charge in [0.2, 0.25) is 0 Å². The van der Waals surface area contributed by atoms with Crippen molar-refractivity contribution in [3.63, 3.8) is 0 Å². The summed E-state index contributed by atoms with van der Waals surface area (Å²) in [5.74, 6) is 0. The van der Waals surface area contributed by atoms with Gasteiger partial charge in [0.1, 0.15) is 0 Å². The highest BCUT2D eigenvalue weighted by atomic mass is 32.2. The minimum atomic E-state index is -3.74. The lowest BCUT2D eigenvalue weighted by atomic mass is 10.3. The molecular weight excluding hydrogens is 206 g/mol. The first-order chi connectivity index (χ1) is 6.43. The zero-order valence-corrected chi connectivity index (χ0v) is 8.61. The molecule has 0 amide bonds. The third-order valence-electron chi connectivity index (χ3n) is 1.78. The molecule has 1 aromatic heterocycles. The first kappa shape index (κ1) is 11.2. The number of rotatable bonds is 4. The molecule has 80 valence electrons. The summed E-state index contributed by atoms with van der Waals surface area (Å²) < 4.78 is 23.0. The van der Waals surface area contributed by atoms with Gasteiger partial charge in [-0.1, -0.05) is 6.92 Å². The van der Waals surface area contributed by atoms with E-state index in [0.717, 1.165) is 0 Å². The van der Waals surface area contributed by atoms with Crippen LogP contribution < -0.4 is 5.14 Å². The normalized spacial score (nSPS) is 14.2. The van der Waals surface area contributed by atoms with Crippen molar-refractivity contribution in [3.05, 3.63) is 12.3 Å². The van der Waals surface area contributed by atoms with Gasteiger partial charge in [-0.05, 0) is 12.5 Å². The quantitative estimate of drug-likeness (QED) is 0.699. The summed E-state index contributed by atoms with van der Waals surface area (Å²) in [6, 6.07) is 1.30. The van der Waals surface area contributed by atoms with Crippen LogP contribution in [0.2, 0.25) is 0 Å². The lowest BCUT2D eigenvalue weighted by Crippen LogP contribution is -2.17. The van der Waals surface area contributed by atoms with Crippen molar-refractivity contribution in [2.45, 2.75) is 31.0 Å². The summed E-state index contributed by atoms with van der Waals surface area (Å²) >= 11 is 0. The van der Waals surface area contributed by atoms with Gasteiger partial charge < -0.3 is 5.11 Å². The molecule has 0 aliphatic rings. The van der Waals surface area contributed by atoms with Gasteiger partial charge in [-0.2, -0.15) is 5.10 Å². The lowest BCUT2D eigenvalue weighted by molar-refractivity contribution is 0.144. The first-order valence-corrected chi connectivity index (χ1v) is 5.72. The van der Waals surface area contributed by atoms with Gasteiger partial charge >= 0.3 is 0 Å². The number of primary sulfonamides is 1. The predicted octanol–water partition coefficient (Wildman–Crippen LogP) is -0.699. The number of sulfonamides is 1. The number of aromatic nitrogens is 2. The molecule has 0 bridgehead atoms. The lowest BCUT2D eigenvalue weighted by Gasteiger charge is -2.06. The zero-order valence-electron chi connectivity index (χ0n) is 7.79. The maximum absolute atomic E-state index is 10.8. The molecule has 0 unspecified atom stereocenters. The Kier molecular flexibility index (Phi) is 3.25. The second-order valence-electron chi connectivity index (χ2n) is 2.98. The molecule has 6 nitrogen and oxygen atoms in total. The van der Waals surface area contributed by atoms with Crippen molar-refractivity contribution in [3.8, 4) is 0 Å². The molecule has 1 heterocycles. The van der Waals surface area contributed by atoms with E-state index in [1.165, 1.54) is 16.9 Å². The average molecular weight is 219 g/mol. The van der Waals surface area contributed by atoms with Crippen LogP contribution >= 0.6 is 0 Å². The second-order valence-corrected chi connectivity index (χ2v) is 4.49. The van der Waals surface area contributed by atoms with Crippen LogP contribution in [0.4, 0.5) is 0 Å². The van der Waals surface area contributed by atoms with Crippen molar-refractivity contribution in [1.29, 1.82) is 0 Å². The predicted molar refractivity (Wildman–Crippen MR) is 49.9 cm³/mol. The minimum absolute atomic E-state index is 0.180. The van der Waals surface area contributed by atoms with E-state index in [-0.39, 0.29) is 11.6 Å². The number of hydrogen-bond donors (Lipinski definition) is 2. The Balaban J connectivity index is 2.79. The average Bonchev–Trinajstić information content (AvgIpc) is 2.51. The molecule has 0 aliphatic carbocycles. The first-order valence-electron chi connectivity index (χ1n) is 4.18. The van der Waals surface area contributed by atoms with E-state index in [9.17, 15) is 13.5 Å². The maximum Gasteiger partial charge on any atom is 0.257 e. The summed E-state index contributed by atoms with van der Waals surface area (Å²) in [5, 5.41) is 17.7. The van der Waals surface area contributed by atoms with Gasteiger partial charge in [0, 0.05) is 6.20 Å². The third-order valence-corrected chi connectivity index (χ3v) is 2.58. The Morgan fingerprint density at radius 2 is 2.36 bits per heavy atom. The van der Waals surface area contributed by atoms with Gasteiger partial charge in [-0.25, -0.2) is 13.6 Å². The van der Waals surface area contributed by atoms with Crippen LogP contribution in [0.3, 0.4) is 0 Å². The Bertz CT molecular complexity index is 398. The van der Waals surface area contributed by atoms with E-state index in [1.54, 1.807) is 0 Å². The SMILES string of the molecule is CC[C@@H](O)Cn1ccc(S(N)(=O)=O)n1. The minimum Gasteiger partial charge on any atom is -0.391 e. The molecule has 3 N–H and O–H groups in total. The molecule has 0 saturated heterocycles. The monoisotopic (exact) mass is 219 g/mol. The fourth-order valence-electron chi connectivity index (χ4n) is 0.942. The van der Waals surface area contributed by atoms with E-state index in [0.29, 0.717) is 6.42 Å². The van der Waals surface area contributed by atoms with Gasteiger partial charge in [-0.15, -0.1) is 0 Å². The van der Waals surface area contributed by atoms with Crippen molar-refractivity contribution in [1.82, 2.24) is 9.78 Å². The van der Waals surface area contributed by atoms with Gasteiger partial charge in [0.15, 0.2) is 5.03 Å². The van der Waals surface area contributed by atoms with E-state index in [2.05, 4.69) is 5.10 Å². The molecule has 0 radical (unpaired) electrons. The number of aliphatic hydroxyl groups excluding tert-OH is 1. The fraction of sp³-hybridized carbons (Fsp3) is 0.571. The highest BCUT2D eigenvalue weighted by molar-refractivity contribution is 7.89. The third kappa shape index (κ3) is 2.79.